The van der Waals surface area contributed by atoms with Crippen LogP contribution in [0, 0.1) is 0 Å². The molecule has 3 aromatic carbocycles. The van der Waals surface area contributed by atoms with E-state index in [2.05, 4.69) is 10.3 Å². The summed E-state index contributed by atoms with van der Waals surface area (Å²) in [7, 11) is 0. The molecule has 168 valence electrons. The van der Waals surface area contributed by atoms with Crippen LogP contribution in [0.2, 0.25) is 10.0 Å². The van der Waals surface area contributed by atoms with Gasteiger partial charge in [-0.15, -0.1) is 0 Å². The van der Waals surface area contributed by atoms with Crippen LogP contribution in [0.15, 0.2) is 66.7 Å². The normalized spacial score (nSPS) is 10.9. The van der Waals surface area contributed by atoms with E-state index in [9.17, 15) is 9.59 Å². The zero-order valence-corrected chi connectivity index (χ0v) is 19.5. The van der Waals surface area contributed by atoms with Crippen LogP contribution >= 0.6 is 23.2 Å². The van der Waals surface area contributed by atoms with Crippen molar-refractivity contribution in [1.29, 1.82) is 0 Å². The molecule has 0 spiro atoms. The van der Waals surface area contributed by atoms with Gasteiger partial charge in [0, 0.05) is 35.0 Å². The fourth-order valence-electron chi connectivity index (χ4n) is 3.74. The van der Waals surface area contributed by atoms with Crippen LogP contribution in [0.5, 0.6) is 0 Å². The molecule has 0 saturated carbocycles. The molecule has 0 atom stereocenters. The van der Waals surface area contributed by atoms with Gasteiger partial charge in [-0.25, -0.2) is 4.79 Å². The lowest BCUT2D eigenvalue weighted by atomic mass is 10.00. The maximum Gasteiger partial charge on any atom is 0.355 e. The summed E-state index contributed by atoms with van der Waals surface area (Å²) in [5.41, 5.74) is 3.40. The number of halogens is 2. The number of aromatic nitrogens is 1. The smallest absolute Gasteiger partial charge is 0.355 e. The first-order chi connectivity index (χ1) is 16.0. The van der Waals surface area contributed by atoms with Crippen LogP contribution in [0.3, 0.4) is 0 Å². The molecule has 0 saturated heterocycles. The van der Waals surface area contributed by atoms with E-state index in [1.165, 1.54) is 0 Å². The number of nitrogens with one attached hydrogen (secondary N) is 2. The van der Waals surface area contributed by atoms with Crippen LogP contribution in [-0.4, -0.2) is 23.3 Å². The van der Waals surface area contributed by atoms with Crippen molar-refractivity contribution in [3.63, 3.8) is 0 Å². The highest BCUT2D eigenvalue weighted by Gasteiger charge is 2.25. The van der Waals surface area contributed by atoms with Gasteiger partial charge >= 0.3 is 5.97 Å². The van der Waals surface area contributed by atoms with E-state index in [4.69, 9.17) is 27.9 Å². The fourth-order valence-corrected chi connectivity index (χ4v) is 4.44. The predicted molar refractivity (Wildman–Crippen MR) is 133 cm³/mol. The fraction of sp³-hybridized carbons (Fsp3) is 0.154. The number of ketones is 1. The third-order valence-corrected chi connectivity index (χ3v) is 5.98. The van der Waals surface area contributed by atoms with E-state index in [0.717, 1.165) is 5.56 Å². The summed E-state index contributed by atoms with van der Waals surface area (Å²) in [5, 5.41) is 4.61. The zero-order valence-electron chi connectivity index (χ0n) is 18.0. The van der Waals surface area contributed by atoms with Gasteiger partial charge in [0.15, 0.2) is 5.78 Å². The SMILES string of the molecule is CCOC(=O)c1[nH]c2cc(Cl)c(NCc3ccccc3)c(Cl)c2c1CC(=O)c1ccccc1. The number of ether oxygens (including phenoxy) is 1. The highest BCUT2D eigenvalue weighted by molar-refractivity contribution is 6.43. The number of H-pyrrole nitrogens is 1. The lowest BCUT2D eigenvalue weighted by Crippen LogP contribution is -2.11. The second-order valence-corrected chi connectivity index (χ2v) is 8.26. The first kappa shape index (κ1) is 22.9. The topological polar surface area (TPSA) is 71.2 Å². The van der Waals surface area contributed by atoms with E-state index in [0.29, 0.717) is 44.3 Å². The van der Waals surface area contributed by atoms with Crippen molar-refractivity contribution < 1.29 is 14.3 Å². The molecule has 0 fully saturated rings. The number of rotatable bonds is 8. The molecule has 0 bridgehead atoms. The van der Waals surface area contributed by atoms with Gasteiger partial charge in [0.1, 0.15) is 5.69 Å². The summed E-state index contributed by atoms with van der Waals surface area (Å²) in [4.78, 5) is 28.8. The Hall–Kier alpha value is -3.28. The quantitative estimate of drug-likeness (QED) is 0.217. The van der Waals surface area contributed by atoms with Crippen molar-refractivity contribution in [2.24, 2.45) is 0 Å². The number of aromatic amines is 1. The van der Waals surface area contributed by atoms with Gasteiger partial charge < -0.3 is 15.0 Å². The first-order valence-electron chi connectivity index (χ1n) is 10.5. The number of Topliss-reactive ketones (excluding diaryl/α,β-unsaturated/α-hetero) is 1. The molecular formula is C26H22Cl2N2O3. The molecule has 7 heteroatoms. The largest absolute Gasteiger partial charge is 0.461 e. The molecule has 1 aromatic heterocycles. The maximum atomic E-state index is 13.0. The summed E-state index contributed by atoms with van der Waals surface area (Å²) in [6.07, 6.45) is -0.0162. The highest BCUT2D eigenvalue weighted by atomic mass is 35.5. The molecule has 0 unspecified atom stereocenters. The predicted octanol–water partition coefficient (Wildman–Crippen LogP) is 6.69. The average Bonchev–Trinajstić information content (AvgIpc) is 3.18. The van der Waals surface area contributed by atoms with Gasteiger partial charge in [0.2, 0.25) is 0 Å². The third kappa shape index (κ3) is 4.90. The second kappa shape index (κ2) is 10.1. The van der Waals surface area contributed by atoms with Crippen molar-refractivity contribution in [2.45, 2.75) is 19.9 Å². The Kier molecular flexibility index (Phi) is 7.02. The second-order valence-electron chi connectivity index (χ2n) is 7.47. The van der Waals surface area contributed by atoms with Gasteiger partial charge in [0.25, 0.3) is 0 Å². The Morgan fingerprint density at radius 2 is 1.67 bits per heavy atom. The molecule has 4 rings (SSSR count). The van der Waals surface area contributed by atoms with Crippen molar-refractivity contribution in [2.75, 3.05) is 11.9 Å². The van der Waals surface area contributed by atoms with Crippen molar-refractivity contribution in [3.05, 3.63) is 99.2 Å². The van der Waals surface area contributed by atoms with E-state index in [-0.39, 0.29) is 24.5 Å². The minimum atomic E-state index is -0.546. The number of hydrogen-bond acceptors (Lipinski definition) is 4. The summed E-state index contributed by atoms with van der Waals surface area (Å²) in [6, 6.07) is 20.5. The molecule has 0 radical (unpaired) electrons. The van der Waals surface area contributed by atoms with E-state index in [1.54, 1.807) is 37.3 Å². The Bertz CT molecular complexity index is 1300. The summed E-state index contributed by atoms with van der Waals surface area (Å²) in [6.45, 7) is 2.45. The molecule has 33 heavy (non-hydrogen) atoms. The number of hydrogen-bond donors (Lipinski definition) is 2. The van der Waals surface area contributed by atoms with Crippen molar-refractivity contribution >= 4 is 51.5 Å². The minimum Gasteiger partial charge on any atom is -0.461 e. The van der Waals surface area contributed by atoms with E-state index >= 15 is 0 Å². The molecule has 0 aliphatic carbocycles. The maximum absolute atomic E-state index is 13.0. The number of carbonyl (C=O) groups is 2. The van der Waals surface area contributed by atoms with Crippen LogP contribution in [0.25, 0.3) is 10.9 Å². The van der Waals surface area contributed by atoms with Gasteiger partial charge in [-0.2, -0.15) is 0 Å². The van der Waals surface area contributed by atoms with Crippen LogP contribution in [0.1, 0.15) is 38.9 Å². The zero-order chi connectivity index (χ0) is 23.4. The number of benzene rings is 3. The molecule has 0 aliphatic rings. The molecule has 0 aliphatic heterocycles. The Balaban J connectivity index is 1.79. The monoisotopic (exact) mass is 480 g/mol. The number of fused-ring (bicyclic) bond motifs is 1. The molecule has 5 nitrogen and oxygen atoms in total. The highest BCUT2D eigenvalue weighted by Crippen LogP contribution is 2.41. The molecule has 2 N–H and O–H groups in total. The first-order valence-corrected chi connectivity index (χ1v) is 11.3. The number of carbonyl (C=O) groups excluding carboxylic acids is 2. The van der Waals surface area contributed by atoms with Crippen LogP contribution in [-0.2, 0) is 17.7 Å². The van der Waals surface area contributed by atoms with E-state index < -0.39 is 5.97 Å². The summed E-state index contributed by atoms with van der Waals surface area (Å²) >= 11 is 13.3. The van der Waals surface area contributed by atoms with Crippen LogP contribution < -0.4 is 5.32 Å². The van der Waals surface area contributed by atoms with E-state index in [1.807, 2.05) is 36.4 Å². The van der Waals surface area contributed by atoms with Gasteiger partial charge in [-0.3, -0.25) is 4.79 Å². The Morgan fingerprint density at radius 1 is 1.00 bits per heavy atom. The average molecular weight is 481 g/mol. The molecule has 1 heterocycles. The van der Waals surface area contributed by atoms with Gasteiger partial charge in [-0.05, 0) is 18.6 Å². The summed E-state index contributed by atoms with van der Waals surface area (Å²) in [5.74, 6) is -0.678. The summed E-state index contributed by atoms with van der Waals surface area (Å²) < 4.78 is 5.22. The third-order valence-electron chi connectivity index (χ3n) is 5.31. The number of esters is 1. The molecular weight excluding hydrogens is 459 g/mol. The standard InChI is InChI=1S/C26H22Cl2N2O3/c1-2-33-26(32)24-18(13-21(31)17-11-7-4-8-12-17)22-20(30-24)14-19(27)25(23(22)28)29-15-16-9-5-3-6-10-16/h3-12,14,29-30H,2,13,15H2,1H3. The molecule has 4 aromatic rings. The van der Waals surface area contributed by atoms with Crippen molar-refractivity contribution in [1.82, 2.24) is 4.98 Å². The van der Waals surface area contributed by atoms with Crippen molar-refractivity contribution in [3.8, 4) is 0 Å². The Morgan fingerprint density at radius 3 is 2.33 bits per heavy atom. The lowest BCUT2D eigenvalue weighted by molar-refractivity contribution is 0.0519. The number of anilines is 1. The van der Waals surface area contributed by atoms with Gasteiger partial charge in [-0.1, -0.05) is 83.9 Å². The molecule has 0 amide bonds. The van der Waals surface area contributed by atoms with Crippen LogP contribution in [0.4, 0.5) is 5.69 Å². The van der Waals surface area contributed by atoms with Gasteiger partial charge in [0.05, 0.1) is 22.3 Å². The minimum absolute atomic E-state index is 0.0162. The lowest BCUT2D eigenvalue weighted by Gasteiger charge is -2.13. The Labute approximate surface area is 201 Å².